The molecule has 1 atom stereocenters. The fraction of sp³-hybridized carbons (Fsp3) is 0.500. The highest BCUT2D eigenvalue weighted by Gasteiger charge is 2.22. The second kappa shape index (κ2) is 7.93. The number of hydrogen-bond donors (Lipinski definition) is 2. The average Bonchev–Trinajstić information content (AvgIpc) is 2.71. The van der Waals surface area contributed by atoms with Crippen molar-refractivity contribution in [3.05, 3.63) is 29.8 Å². The van der Waals surface area contributed by atoms with Gasteiger partial charge in [0.25, 0.3) is 0 Å². The second-order valence-electron chi connectivity index (χ2n) is 6.59. The lowest BCUT2D eigenvalue weighted by Gasteiger charge is -2.14. The lowest BCUT2D eigenvalue weighted by molar-refractivity contribution is -0.116. The fourth-order valence-corrected chi connectivity index (χ4v) is 5.27. The summed E-state index contributed by atoms with van der Waals surface area (Å²) >= 11 is 1.59. The van der Waals surface area contributed by atoms with Crippen LogP contribution in [0.4, 0.5) is 5.69 Å². The van der Waals surface area contributed by atoms with Crippen LogP contribution in [0.1, 0.15) is 45.4 Å². The number of rotatable bonds is 5. The Hall–Kier alpha value is -1.31. The van der Waals surface area contributed by atoms with Crippen LogP contribution in [-0.4, -0.2) is 26.1 Å². The van der Waals surface area contributed by atoms with Crippen LogP contribution in [-0.2, 0) is 14.8 Å². The smallest absolute Gasteiger partial charge is 0.240 e. The first-order valence-corrected chi connectivity index (χ1v) is 11.1. The van der Waals surface area contributed by atoms with Crippen molar-refractivity contribution in [1.29, 1.82) is 0 Å². The highest BCUT2D eigenvalue weighted by atomic mass is 32.2. The van der Waals surface area contributed by atoms with Crippen molar-refractivity contribution >= 4 is 33.4 Å². The Morgan fingerprint density at radius 2 is 2.16 bits per heavy atom. The maximum absolute atomic E-state index is 12.5. The van der Waals surface area contributed by atoms with Crippen molar-refractivity contribution in [2.24, 2.45) is 0 Å². The van der Waals surface area contributed by atoms with Crippen LogP contribution in [0.15, 0.2) is 39.6 Å². The highest BCUT2D eigenvalue weighted by molar-refractivity contribution is 8.00. The van der Waals surface area contributed by atoms with Crippen LogP contribution in [0, 0.1) is 0 Å². The first-order chi connectivity index (χ1) is 11.9. The molecule has 0 saturated carbocycles. The number of hydrogen-bond acceptors (Lipinski definition) is 4. The van der Waals surface area contributed by atoms with E-state index in [9.17, 15) is 13.2 Å². The first-order valence-electron chi connectivity index (χ1n) is 8.72. The summed E-state index contributed by atoms with van der Waals surface area (Å²) in [7, 11) is -3.58. The molecule has 1 aromatic carbocycles. The number of allylic oxidation sites excluding steroid dienone is 1. The van der Waals surface area contributed by atoms with E-state index >= 15 is 0 Å². The van der Waals surface area contributed by atoms with Crippen LogP contribution >= 0.6 is 11.8 Å². The van der Waals surface area contributed by atoms with Crippen molar-refractivity contribution < 1.29 is 13.2 Å². The maximum atomic E-state index is 12.5. The molecule has 0 bridgehead atoms. The zero-order chi connectivity index (χ0) is 17.9. The molecule has 0 aromatic heterocycles. The molecule has 1 unspecified atom stereocenters. The molecule has 1 aliphatic carbocycles. The van der Waals surface area contributed by atoms with Crippen molar-refractivity contribution in [2.75, 3.05) is 11.9 Å². The number of nitrogens with one attached hydrogen (secondary N) is 2. The molecule has 0 spiro atoms. The normalized spacial score (nSPS) is 21.1. The quantitative estimate of drug-likeness (QED) is 0.764. The molecule has 136 valence electrons. The summed E-state index contributed by atoms with van der Waals surface area (Å²) in [4.78, 5) is 13.0. The lowest BCUT2D eigenvalue weighted by Crippen LogP contribution is -2.25. The summed E-state index contributed by atoms with van der Waals surface area (Å²) in [6.07, 6.45) is 8.01. The number of anilines is 1. The van der Waals surface area contributed by atoms with Crippen LogP contribution in [0.2, 0.25) is 0 Å². The average molecular weight is 381 g/mol. The SMILES string of the molecule is CC1CC(=O)Nc2cc(S(=O)(=O)NCCC3=CCCCC3)ccc2S1. The molecule has 0 radical (unpaired) electrons. The van der Waals surface area contributed by atoms with Crippen LogP contribution in [0.25, 0.3) is 0 Å². The van der Waals surface area contributed by atoms with Crippen LogP contribution in [0.3, 0.4) is 0 Å². The van der Waals surface area contributed by atoms with E-state index in [1.165, 1.54) is 18.4 Å². The fourth-order valence-electron chi connectivity index (χ4n) is 3.16. The van der Waals surface area contributed by atoms with Gasteiger partial charge in [0.05, 0.1) is 10.6 Å². The minimum Gasteiger partial charge on any atom is -0.325 e. The topological polar surface area (TPSA) is 75.3 Å². The summed E-state index contributed by atoms with van der Waals surface area (Å²) in [6, 6.07) is 4.94. The summed E-state index contributed by atoms with van der Waals surface area (Å²) < 4.78 is 27.8. The monoisotopic (exact) mass is 380 g/mol. The van der Waals surface area contributed by atoms with E-state index in [1.807, 2.05) is 6.92 Å². The third kappa shape index (κ3) is 4.86. The zero-order valence-corrected chi connectivity index (χ0v) is 16.0. The predicted molar refractivity (Wildman–Crippen MR) is 101 cm³/mol. The van der Waals surface area contributed by atoms with Gasteiger partial charge in [0.1, 0.15) is 0 Å². The predicted octanol–water partition coefficient (Wildman–Crippen LogP) is 3.68. The minimum absolute atomic E-state index is 0.0782. The van der Waals surface area contributed by atoms with Gasteiger partial charge in [-0.2, -0.15) is 0 Å². The second-order valence-corrected chi connectivity index (χ2v) is 9.84. The third-order valence-corrected chi connectivity index (χ3v) is 7.10. The van der Waals surface area contributed by atoms with E-state index in [0.717, 1.165) is 24.2 Å². The van der Waals surface area contributed by atoms with Gasteiger partial charge in [-0.15, -0.1) is 11.8 Å². The molecule has 1 amide bonds. The Labute approximate surface area is 153 Å². The van der Waals surface area contributed by atoms with Gasteiger partial charge in [0.15, 0.2) is 0 Å². The number of amides is 1. The molecule has 1 heterocycles. The van der Waals surface area contributed by atoms with Gasteiger partial charge >= 0.3 is 0 Å². The van der Waals surface area contributed by atoms with Gasteiger partial charge in [-0.3, -0.25) is 4.79 Å². The molecule has 5 nitrogen and oxygen atoms in total. The summed E-state index contributed by atoms with van der Waals surface area (Å²) in [5.41, 5.74) is 1.92. The van der Waals surface area contributed by atoms with Gasteiger partial charge in [-0.05, 0) is 50.3 Å². The summed E-state index contributed by atoms with van der Waals surface area (Å²) in [5, 5.41) is 2.98. The Morgan fingerprint density at radius 3 is 2.92 bits per heavy atom. The number of sulfonamides is 1. The van der Waals surface area contributed by atoms with E-state index in [4.69, 9.17) is 0 Å². The Balaban J connectivity index is 1.69. The molecule has 2 aliphatic rings. The molecule has 0 saturated heterocycles. The molecule has 0 fully saturated rings. The number of benzene rings is 1. The number of carbonyl (C=O) groups is 1. The molecule has 7 heteroatoms. The molecular weight excluding hydrogens is 356 g/mol. The van der Waals surface area contributed by atoms with E-state index in [2.05, 4.69) is 16.1 Å². The molecule has 3 rings (SSSR count). The molecule has 1 aromatic rings. The van der Waals surface area contributed by atoms with Gasteiger partial charge in [0.2, 0.25) is 15.9 Å². The van der Waals surface area contributed by atoms with E-state index in [1.54, 1.807) is 30.0 Å². The largest absolute Gasteiger partial charge is 0.325 e. The van der Waals surface area contributed by atoms with E-state index < -0.39 is 10.0 Å². The van der Waals surface area contributed by atoms with Crippen molar-refractivity contribution in [1.82, 2.24) is 4.72 Å². The minimum atomic E-state index is -3.58. The van der Waals surface area contributed by atoms with E-state index in [0.29, 0.717) is 18.7 Å². The molecule has 25 heavy (non-hydrogen) atoms. The lowest BCUT2D eigenvalue weighted by atomic mass is 9.97. The Morgan fingerprint density at radius 1 is 1.32 bits per heavy atom. The molecule has 1 aliphatic heterocycles. The highest BCUT2D eigenvalue weighted by Crippen LogP contribution is 2.36. The standard InChI is InChI=1S/C18H24N2O3S2/c1-13-11-18(21)20-16-12-15(7-8-17(16)24-13)25(22,23)19-10-9-14-5-3-2-4-6-14/h5,7-8,12-13,19H,2-4,6,9-11H2,1H3,(H,20,21). The first kappa shape index (κ1) is 18.5. The maximum Gasteiger partial charge on any atom is 0.240 e. The van der Waals surface area contributed by atoms with Gasteiger partial charge < -0.3 is 5.32 Å². The summed E-state index contributed by atoms with van der Waals surface area (Å²) in [5.74, 6) is -0.0782. The Bertz CT molecular complexity index is 788. The van der Waals surface area contributed by atoms with Gasteiger partial charge in [-0.25, -0.2) is 13.1 Å². The third-order valence-electron chi connectivity index (χ3n) is 4.46. The number of fused-ring (bicyclic) bond motifs is 1. The number of thioether (sulfide) groups is 1. The Kier molecular flexibility index (Phi) is 5.86. The summed E-state index contributed by atoms with van der Waals surface area (Å²) in [6.45, 7) is 2.40. The van der Waals surface area contributed by atoms with Crippen molar-refractivity contribution in [3.63, 3.8) is 0 Å². The molecular formula is C18H24N2O3S2. The zero-order valence-electron chi connectivity index (χ0n) is 14.4. The molecule has 2 N–H and O–H groups in total. The van der Waals surface area contributed by atoms with E-state index in [-0.39, 0.29) is 16.1 Å². The van der Waals surface area contributed by atoms with Gasteiger partial charge in [-0.1, -0.05) is 18.6 Å². The number of carbonyl (C=O) groups excluding carboxylic acids is 1. The van der Waals surface area contributed by atoms with Crippen molar-refractivity contribution in [3.8, 4) is 0 Å². The van der Waals surface area contributed by atoms with Gasteiger partial charge in [0, 0.05) is 23.1 Å². The van der Waals surface area contributed by atoms with Crippen LogP contribution < -0.4 is 10.0 Å². The van der Waals surface area contributed by atoms with Crippen molar-refractivity contribution in [2.45, 2.75) is 60.5 Å². The van der Waals surface area contributed by atoms with Crippen LogP contribution in [0.5, 0.6) is 0 Å².